The van der Waals surface area contributed by atoms with E-state index in [9.17, 15) is 9.90 Å². The summed E-state index contributed by atoms with van der Waals surface area (Å²) in [5.41, 5.74) is 7.31. The number of rotatable bonds is 5. The van der Waals surface area contributed by atoms with Crippen LogP contribution in [0.2, 0.25) is 0 Å². The molecule has 2 aromatic carbocycles. The number of likely N-dealkylation sites (N-methyl/N-ethyl adjacent to an activating group) is 1. The fourth-order valence-corrected chi connectivity index (χ4v) is 2.76. The van der Waals surface area contributed by atoms with E-state index in [2.05, 4.69) is 15.9 Å². The summed E-state index contributed by atoms with van der Waals surface area (Å²) >= 11 is 3.40. The van der Waals surface area contributed by atoms with Crippen LogP contribution < -0.4 is 5.73 Å². The summed E-state index contributed by atoms with van der Waals surface area (Å²) in [7, 11) is 1.83. The molecule has 21 heavy (non-hydrogen) atoms. The lowest BCUT2D eigenvalue weighted by Crippen LogP contribution is -2.35. The van der Waals surface area contributed by atoms with Crippen LogP contribution in [-0.2, 0) is 11.3 Å². The molecule has 1 atom stereocenters. The number of benzene rings is 2. The minimum absolute atomic E-state index is 0.207. The van der Waals surface area contributed by atoms with E-state index in [1.165, 1.54) is 0 Å². The van der Waals surface area contributed by atoms with Gasteiger partial charge in [0, 0.05) is 11.0 Å². The summed E-state index contributed by atoms with van der Waals surface area (Å²) in [6, 6.07) is 14.0. The zero-order chi connectivity index (χ0) is 15.4. The molecule has 0 radical (unpaired) electrons. The monoisotopic (exact) mass is 348 g/mol. The van der Waals surface area contributed by atoms with Crippen molar-refractivity contribution in [3.63, 3.8) is 0 Å². The Morgan fingerprint density at radius 3 is 2.62 bits per heavy atom. The van der Waals surface area contributed by atoms with Gasteiger partial charge in [0.15, 0.2) is 0 Å². The van der Waals surface area contributed by atoms with E-state index < -0.39 is 11.9 Å². The van der Waals surface area contributed by atoms with E-state index in [-0.39, 0.29) is 5.75 Å². The Hall–Kier alpha value is -1.85. The van der Waals surface area contributed by atoms with Gasteiger partial charge in [-0.2, -0.15) is 0 Å². The molecule has 0 aliphatic heterocycles. The second-order valence-corrected chi connectivity index (χ2v) is 5.86. The fourth-order valence-electron chi connectivity index (χ4n) is 2.35. The average Bonchev–Trinajstić information content (AvgIpc) is 2.38. The number of hydrogen-bond donors (Lipinski definition) is 2. The van der Waals surface area contributed by atoms with Crippen molar-refractivity contribution in [3.05, 3.63) is 64.1 Å². The molecule has 0 saturated heterocycles. The Bertz CT molecular complexity index is 646. The van der Waals surface area contributed by atoms with Crippen LogP contribution in [0.5, 0.6) is 5.75 Å². The normalized spacial score (nSPS) is 12.3. The molecule has 0 aromatic heterocycles. The molecule has 0 spiro atoms. The van der Waals surface area contributed by atoms with E-state index in [1.54, 1.807) is 18.2 Å². The third-order valence-corrected chi connectivity index (χ3v) is 3.71. The van der Waals surface area contributed by atoms with Gasteiger partial charge < -0.3 is 10.8 Å². The first-order valence-corrected chi connectivity index (χ1v) is 7.29. The Labute approximate surface area is 132 Å². The molecule has 0 unspecified atom stereocenters. The smallest absolute Gasteiger partial charge is 0.239 e. The van der Waals surface area contributed by atoms with Crippen LogP contribution in [0.15, 0.2) is 53.0 Å². The van der Waals surface area contributed by atoms with Crippen molar-refractivity contribution >= 4 is 21.8 Å². The van der Waals surface area contributed by atoms with E-state index in [0.717, 1.165) is 15.6 Å². The van der Waals surface area contributed by atoms with Gasteiger partial charge in [-0.05, 0) is 42.4 Å². The van der Waals surface area contributed by atoms with E-state index in [0.29, 0.717) is 6.54 Å². The summed E-state index contributed by atoms with van der Waals surface area (Å²) in [5.74, 6) is -0.199. The molecule has 0 saturated carbocycles. The maximum Gasteiger partial charge on any atom is 0.239 e. The summed E-state index contributed by atoms with van der Waals surface area (Å²) in [6.07, 6.45) is 0. The van der Waals surface area contributed by atoms with Crippen LogP contribution >= 0.6 is 15.9 Å². The van der Waals surface area contributed by atoms with Gasteiger partial charge in [-0.15, -0.1) is 0 Å². The largest absolute Gasteiger partial charge is 0.508 e. The number of carbonyl (C=O) groups is 1. The molecule has 0 bridgehead atoms. The molecule has 110 valence electrons. The molecule has 5 heteroatoms. The Morgan fingerprint density at radius 1 is 1.29 bits per heavy atom. The predicted molar refractivity (Wildman–Crippen MR) is 85.7 cm³/mol. The number of phenols is 1. The van der Waals surface area contributed by atoms with Crippen molar-refractivity contribution in [2.75, 3.05) is 7.05 Å². The molecule has 2 rings (SSSR count). The highest BCUT2D eigenvalue weighted by molar-refractivity contribution is 9.10. The average molecular weight is 349 g/mol. The number of primary amides is 1. The maximum absolute atomic E-state index is 11.8. The summed E-state index contributed by atoms with van der Waals surface area (Å²) < 4.78 is 0.900. The highest BCUT2D eigenvalue weighted by atomic mass is 79.9. The summed E-state index contributed by atoms with van der Waals surface area (Å²) in [4.78, 5) is 13.7. The van der Waals surface area contributed by atoms with Gasteiger partial charge in [-0.3, -0.25) is 9.69 Å². The zero-order valence-corrected chi connectivity index (χ0v) is 13.2. The molecule has 4 nitrogen and oxygen atoms in total. The molecular formula is C16H17BrN2O2. The van der Waals surface area contributed by atoms with Crippen molar-refractivity contribution in [1.82, 2.24) is 4.90 Å². The maximum atomic E-state index is 11.8. The van der Waals surface area contributed by atoms with Crippen LogP contribution in [0.1, 0.15) is 17.2 Å². The standard InChI is InChI=1S/C16H17BrN2O2/c1-19(10-11-4-2-7-14(20)8-11)15(16(18)21)12-5-3-6-13(17)9-12/h2-9,15,20H,10H2,1H3,(H2,18,21)/t15-/m1/s1. The van der Waals surface area contributed by atoms with Crippen molar-refractivity contribution in [1.29, 1.82) is 0 Å². The van der Waals surface area contributed by atoms with Crippen LogP contribution in [0.25, 0.3) is 0 Å². The number of halogens is 1. The number of aromatic hydroxyl groups is 1. The number of nitrogens with zero attached hydrogens (tertiary/aromatic N) is 1. The molecule has 0 aliphatic carbocycles. The minimum atomic E-state index is -0.523. The Balaban J connectivity index is 2.24. The highest BCUT2D eigenvalue weighted by Crippen LogP contribution is 2.24. The van der Waals surface area contributed by atoms with E-state index >= 15 is 0 Å². The number of hydrogen-bond acceptors (Lipinski definition) is 3. The van der Waals surface area contributed by atoms with Gasteiger partial charge in [0.05, 0.1) is 0 Å². The lowest BCUT2D eigenvalue weighted by Gasteiger charge is -2.26. The quantitative estimate of drug-likeness (QED) is 0.872. The lowest BCUT2D eigenvalue weighted by atomic mass is 10.0. The first-order chi connectivity index (χ1) is 9.97. The minimum Gasteiger partial charge on any atom is -0.508 e. The second kappa shape index (κ2) is 6.74. The second-order valence-electron chi connectivity index (χ2n) is 4.94. The first kappa shape index (κ1) is 15.5. The van der Waals surface area contributed by atoms with Crippen molar-refractivity contribution in [2.45, 2.75) is 12.6 Å². The molecule has 0 fully saturated rings. The number of nitrogens with two attached hydrogens (primary N) is 1. The molecule has 1 amide bonds. The van der Waals surface area contributed by atoms with Crippen LogP contribution in [0.4, 0.5) is 0 Å². The van der Waals surface area contributed by atoms with Crippen molar-refractivity contribution in [3.8, 4) is 5.75 Å². The van der Waals surface area contributed by atoms with Crippen LogP contribution in [0, 0.1) is 0 Å². The molecule has 0 aliphatic rings. The molecular weight excluding hydrogens is 332 g/mol. The highest BCUT2D eigenvalue weighted by Gasteiger charge is 2.23. The van der Waals surface area contributed by atoms with Crippen LogP contribution in [0.3, 0.4) is 0 Å². The van der Waals surface area contributed by atoms with Gasteiger partial charge in [0.25, 0.3) is 0 Å². The number of amides is 1. The van der Waals surface area contributed by atoms with Gasteiger partial charge in [0.2, 0.25) is 5.91 Å². The Kier molecular flexibility index (Phi) is 4.98. The Morgan fingerprint density at radius 2 is 2.00 bits per heavy atom. The zero-order valence-electron chi connectivity index (χ0n) is 11.7. The molecule has 0 heterocycles. The topological polar surface area (TPSA) is 66.6 Å². The predicted octanol–water partition coefficient (Wildman–Crippen LogP) is 2.81. The van der Waals surface area contributed by atoms with Gasteiger partial charge >= 0.3 is 0 Å². The van der Waals surface area contributed by atoms with Crippen molar-refractivity contribution in [2.24, 2.45) is 5.73 Å². The summed E-state index contributed by atoms with van der Waals surface area (Å²) in [5, 5.41) is 9.51. The SMILES string of the molecule is CN(Cc1cccc(O)c1)[C@@H](C(N)=O)c1cccc(Br)c1. The third-order valence-electron chi connectivity index (χ3n) is 3.22. The van der Waals surface area contributed by atoms with E-state index in [1.807, 2.05) is 42.3 Å². The molecule has 3 N–H and O–H groups in total. The molecule has 2 aromatic rings. The first-order valence-electron chi connectivity index (χ1n) is 6.50. The van der Waals surface area contributed by atoms with E-state index in [4.69, 9.17) is 5.73 Å². The third kappa shape index (κ3) is 4.06. The number of phenolic OH excluding ortho intramolecular Hbond substituents is 1. The van der Waals surface area contributed by atoms with Crippen LogP contribution in [-0.4, -0.2) is 23.0 Å². The van der Waals surface area contributed by atoms with Gasteiger partial charge in [-0.25, -0.2) is 0 Å². The van der Waals surface area contributed by atoms with Gasteiger partial charge in [-0.1, -0.05) is 40.2 Å². The van der Waals surface area contributed by atoms with Gasteiger partial charge in [0.1, 0.15) is 11.8 Å². The number of carbonyl (C=O) groups excluding carboxylic acids is 1. The summed E-state index contributed by atoms with van der Waals surface area (Å²) in [6.45, 7) is 0.508. The van der Waals surface area contributed by atoms with Crippen molar-refractivity contribution < 1.29 is 9.90 Å². The lowest BCUT2D eigenvalue weighted by molar-refractivity contribution is -0.123. The fraction of sp³-hybridized carbons (Fsp3) is 0.188.